The number of likely N-dealkylation sites (tertiary alicyclic amines) is 1. The van der Waals surface area contributed by atoms with Crippen LogP contribution in [0.15, 0.2) is 73.3 Å². The number of urea groups is 1. The predicted molar refractivity (Wildman–Crippen MR) is 122 cm³/mol. The first-order chi connectivity index (χ1) is 16.8. The number of benzene rings is 2. The zero-order valence-corrected chi connectivity index (χ0v) is 18.6. The molecule has 1 aromatic heterocycles. The highest BCUT2D eigenvalue weighted by atomic mass is 19.4. The van der Waals surface area contributed by atoms with E-state index in [4.69, 9.17) is 0 Å². The van der Waals surface area contributed by atoms with Gasteiger partial charge in [-0.15, -0.1) is 0 Å². The number of hydrogen-bond donors (Lipinski definition) is 1. The molecular formula is C25H22F3N5O2. The number of piperidine rings is 1. The van der Waals surface area contributed by atoms with Crippen LogP contribution in [0.25, 0.3) is 0 Å². The minimum absolute atomic E-state index is 0.0241. The van der Waals surface area contributed by atoms with Gasteiger partial charge in [0.2, 0.25) is 5.91 Å². The summed E-state index contributed by atoms with van der Waals surface area (Å²) in [6.07, 6.45) is 1.13. The molecule has 0 saturated carbocycles. The maximum atomic E-state index is 13.5. The summed E-state index contributed by atoms with van der Waals surface area (Å²) >= 11 is 0. The Bertz CT molecular complexity index is 1210. The molecule has 1 spiro atoms. The van der Waals surface area contributed by atoms with E-state index in [-0.39, 0.29) is 17.6 Å². The van der Waals surface area contributed by atoms with Crippen molar-refractivity contribution in [2.24, 2.45) is 5.41 Å². The van der Waals surface area contributed by atoms with E-state index in [0.29, 0.717) is 31.6 Å². The standard InChI is InChI=1S/C25H22F3N5O2/c26-25(27,28)18-6-8-19(9-7-18)31-23(35)32-12-10-24(11-13-32)21(17-4-2-1-3-5-17)33(22(24)34)20-14-29-16-30-15-20/h1-9,14-16,21H,10-13H2,(H,31,35). The Balaban J connectivity index is 1.30. The molecular weight excluding hydrogens is 459 g/mol. The molecule has 3 amide bonds. The van der Waals surface area contributed by atoms with Gasteiger partial charge in [0.05, 0.1) is 35.1 Å². The second-order valence-electron chi connectivity index (χ2n) is 8.73. The molecule has 2 aliphatic rings. The molecule has 1 unspecified atom stereocenters. The van der Waals surface area contributed by atoms with E-state index in [0.717, 1.165) is 17.7 Å². The first kappa shape index (κ1) is 22.8. The van der Waals surface area contributed by atoms with Gasteiger partial charge in [-0.2, -0.15) is 13.2 Å². The van der Waals surface area contributed by atoms with Gasteiger partial charge in [-0.3, -0.25) is 4.79 Å². The van der Waals surface area contributed by atoms with E-state index in [1.54, 1.807) is 22.2 Å². The zero-order valence-electron chi connectivity index (χ0n) is 18.6. The van der Waals surface area contributed by atoms with Gasteiger partial charge in [-0.1, -0.05) is 30.3 Å². The quantitative estimate of drug-likeness (QED) is 0.540. The van der Waals surface area contributed by atoms with E-state index in [1.165, 1.54) is 18.5 Å². The van der Waals surface area contributed by atoms with E-state index in [2.05, 4.69) is 15.3 Å². The minimum Gasteiger partial charge on any atom is -0.324 e. The molecule has 35 heavy (non-hydrogen) atoms. The second-order valence-corrected chi connectivity index (χ2v) is 8.73. The molecule has 5 rings (SSSR count). The van der Waals surface area contributed by atoms with Gasteiger partial charge in [0.15, 0.2) is 0 Å². The highest BCUT2D eigenvalue weighted by molar-refractivity contribution is 6.06. The van der Waals surface area contributed by atoms with E-state index < -0.39 is 23.2 Å². The predicted octanol–water partition coefficient (Wildman–Crippen LogP) is 4.90. The summed E-state index contributed by atoms with van der Waals surface area (Å²) in [5.74, 6) is -0.0241. The van der Waals surface area contributed by atoms with Crippen molar-refractivity contribution in [3.8, 4) is 0 Å². The van der Waals surface area contributed by atoms with Crippen molar-refractivity contribution in [2.45, 2.75) is 25.1 Å². The Labute approximate surface area is 199 Å². The minimum atomic E-state index is -4.44. The summed E-state index contributed by atoms with van der Waals surface area (Å²) in [7, 11) is 0. The number of aromatic nitrogens is 2. The number of amides is 3. The molecule has 3 heterocycles. The first-order valence-corrected chi connectivity index (χ1v) is 11.2. The summed E-state index contributed by atoms with van der Waals surface area (Å²) in [6, 6.07) is 13.5. The molecule has 0 radical (unpaired) electrons. The SMILES string of the molecule is O=C(Nc1ccc(C(F)(F)F)cc1)N1CCC2(CC1)C(=O)N(c1cncnc1)C2c1ccccc1. The topological polar surface area (TPSA) is 78.4 Å². The number of hydrogen-bond acceptors (Lipinski definition) is 4. The average molecular weight is 481 g/mol. The lowest BCUT2D eigenvalue weighted by Gasteiger charge is -2.58. The Morgan fingerprint density at radius 3 is 2.20 bits per heavy atom. The molecule has 7 nitrogen and oxygen atoms in total. The molecule has 180 valence electrons. The molecule has 1 atom stereocenters. The lowest BCUT2D eigenvalue weighted by atomic mass is 9.62. The number of alkyl halides is 3. The average Bonchev–Trinajstić information content (AvgIpc) is 2.87. The van der Waals surface area contributed by atoms with E-state index >= 15 is 0 Å². The van der Waals surface area contributed by atoms with Crippen molar-refractivity contribution in [2.75, 3.05) is 23.3 Å². The number of carbonyl (C=O) groups excluding carboxylic acids is 2. The molecule has 0 aliphatic carbocycles. The first-order valence-electron chi connectivity index (χ1n) is 11.2. The third-order valence-electron chi connectivity index (χ3n) is 6.77. The van der Waals surface area contributed by atoms with Gasteiger partial charge in [-0.25, -0.2) is 14.8 Å². The summed E-state index contributed by atoms with van der Waals surface area (Å²) < 4.78 is 38.3. The van der Waals surface area contributed by atoms with Crippen LogP contribution < -0.4 is 10.2 Å². The lowest BCUT2D eigenvalue weighted by Crippen LogP contribution is -2.67. The fourth-order valence-electron chi connectivity index (χ4n) is 4.98. The number of carbonyl (C=O) groups is 2. The van der Waals surface area contributed by atoms with Gasteiger partial charge < -0.3 is 15.1 Å². The Morgan fingerprint density at radius 2 is 1.60 bits per heavy atom. The molecule has 1 N–H and O–H groups in total. The normalized spacial score (nSPS) is 19.4. The van der Waals surface area contributed by atoms with Gasteiger partial charge in [-0.05, 0) is 42.7 Å². The maximum absolute atomic E-state index is 13.5. The number of halogens is 3. The third kappa shape index (κ3) is 4.09. The van der Waals surface area contributed by atoms with Crippen LogP contribution in [0.1, 0.15) is 30.0 Å². The summed E-state index contributed by atoms with van der Waals surface area (Å²) in [5.41, 5.74) is 0.472. The largest absolute Gasteiger partial charge is 0.416 e. The Hall–Kier alpha value is -3.95. The van der Waals surface area contributed by atoms with Crippen molar-refractivity contribution < 1.29 is 22.8 Å². The van der Waals surface area contributed by atoms with Crippen molar-refractivity contribution in [3.63, 3.8) is 0 Å². The van der Waals surface area contributed by atoms with Crippen LogP contribution in [0.5, 0.6) is 0 Å². The summed E-state index contributed by atoms with van der Waals surface area (Å²) in [5, 5.41) is 2.65. The Morgan fingerprint density at radius 1 is 0.971 bits per heavy atom. The van der Waals surface area contributed by atoms with Gasteiger partial charge in [0.25, 0.3) is 0 Å². The second kappa shape index (κ2) is 8.68. The van der Waals surface area contributed by atoms with Crippen molar-refractivity contribution in [1.82, 2.24) is 14.9 Å². The molecule has 0 bridgehead atoms. The third-order valence-corrected chi connectivity index (χ3v) is 6.77. The smallest absolute Gasteiger partial charge is 0.324 e. The highest BCUT2D eigenvalue weighted by Crippen LogP contribution is 2.57. The number of nitrogens with one attached hydrogen (secondary N) is 1. The van der Waals surface area contributed by atoms with Crippen molar-refractivity contribution >= 4 is 23.3 Å². The monoisotopic (exact) mass is 481 g/mol. The molecule has 2 aliphatic heterocycles. The Kier molecular flexibility index (Phi) is 5.66. The molecule has 2 saturated heterocycles. The summed E-state index contributed by atoms with van der Waals surface area (Å²) in [4.78, 5) is 37.6. The van der Waals surface area contributed by atoms with Gasteiger partial charge in [0.1, 0.15) is 6.33 Å². The van der Waals surface area contributed by atoms with Crippen LogP contribution in [-0.4, -0.2) is 39.9 Å². The van der Waals surface area contributed by atoms with Crippen LogP contribution in [0.2, 0.25) is 0 Å². The lowest BCUT2D eigenvalue weighted by molar-refractivity contribution is -0.144. The molecule has 10 heteroatoms. The molecule has 3 aromatic rings. The van der Waals surface area contributed by atoms with Crippen LogP contribution in [0.3, 0.4) is 0 Å². The zero-order chi connectivity index (χ0) is 24.6. The van der Waals surface area contributed by atoms with E-state index in [9.17, 15) is 22.8 Å². The number of nitrogens with zero attached hydrogens (tertiary/aromatic N) is 4. The van der Waals surface area contributed by atoms with Crippen LogP contribution in [0, 0.1) is 5.41 Å². The van der Waals surface area contributed by atoms with Crippen LogP contribution in [0.4, 0.5) is 29.3 Å². The van der Waals surface area contributed by atoms with Crippen molar-refractivity contribution in [1.29, 1.82) is 0 Å². The maximum Gasteiger partial charge on any atom is 0.416 e. The fourth-order valence-corrected chi connectivity index (χ4v) is 4.98. The van der Waals surface area contributed by atoms with Gasteiger partial charge in [0, 0.05) is 18.8 Å². The number of β-lactam (4-membered cyclic amide) rings is 1. The number of rotatable bonds is 3. The number of anilines is 2. The van der Waals surface area contributed by atoms with Crippen LogP contribution in [-0.2, 0) is 11.0 Å². The van der Waals surface area contributed by atoms with Gasteiger partial charge >= 0.3 is 12.2 Å². The van der Waals surface area contributed by atoms with E-state index in [1.807, 2.05) is 30.3 Å². The molecule has 2 aromatic carbocycles. The highest BCUT2D eigenvalue weighted by Gasteiger charge is 2.62. The van der Waals surface area contributed by atoms with Crippen LogP contribution >= 0.6 is 0 Å². The summed E-state index contributed by atoms with van der Waals surface area (Å²) in [6.45, 7) is 0.696. The van der Waals surface area contributed by atoms with Crippen molar-refractivity contribution in [3.05, 3.63) is 84.4 Å². The molecule has 2 fully saturated rings. The fraction of sp³-hybridized carbons (Fsp3) is 0.280.